The number of nitrogens with zero attached hydrogens (tertiary/aromatic N) is 2. The van der Waals surface area contributed by atoms with Gasteiger partial charge in [0.1, 0.15) is 17.2 Å². The van der Waals surface area contributed by atoms with Gasteiger partial charge >= 0.3 is 0 Å². The maximum absolute atomic E-state index is 12.9. The van der Waals surface area contributed by atoms with E-state index in [2.05, 4.69) is 12.2 Å². The van der Waals surface area contributed by atoms with Crippen molar-refractivity contribution in [3.05, 3.63) is 52.9 Å². The fourth-order valence-corrected chi connectivity index (χ4v) is 4.85. The molecule has 0 spiro atoms. The molecule has 1 aromatic heterocycles. The van der Waals surface area contributed by atoms with Gasteiger partial charge in [-0.25, -0.2) is 8.42 Å². The normalized spacial score (nSPS) is 15.8. The van der Waals surface area contributed by atoms with E-state index in [0.29, 0.717) is 30.4 Å². The molecule has 0 bridgehead atoms. The molecule has 0 radical (unpaired) electrons. The number of sulfonamides is 1. The minimum absolute atomic E-state index is 0.306. The van der Waals surface area contributed by atoms with Crippen molar-refractivity contribution in [2.75, 3.05) is 25.5 Å². The van der Waals surface area contributed by atoms with Crippen molar-refractivity contribution in [1.29, 1.82) is 0 Å². The Morgan fingerprint density at radius 2 is 1.86 bits per heavy atom. The Morgan fingerprint density at radius 3 is 2.55 bits per heavy atom. The van der Waals surface area contributed by atoms with Gasteiger partial charge in [-0.15, -0.1) is 0 Å². The quantitative estimate of drug-likeness (QED) is 0.771. The van der Waals surface area contributed by atoms with Crippen LogP contribution in [-0.2, 0) is 21.4 Å². The summed E-state index contributed by atoms with van der Waals surface area (Å²) in [4.78, 5) is 24.9. The highest BCUT2D eigenvalue weighted by Crippen LogP contribution is 2.23. The molecule has 1 aliphatic rings. The third-order valence-electron chi connectivity index (χ3n) is 5.04. The number of carbonyl (C=O) groups excluding carboxylic acids is 1. The molecule has 2 aromatic rings. The average Bonchev–Trinajstić information content (AvgIpc) is 2.70. The molecular weight excluding hydrogens is 394 g/mol. The summed E-state index contributed by atoms with van der Waals surface area (Å²) in [5.74, 6) is 0.495. The molecule has 0 aliphatic carbocycles. The van der Waals surface area contributed by atoms with Crippen LogP contribution in [0.3, 0.4) is 0 Å². The van der Waals surface area contributed by atoms with E-state index in [1.165, 1.54) is 29.7 Å². The zero-order valence-electron chi connectivity index (χ0n) is 16.5. The van der Waals surface area contributed by atoms with Crippen LogP contribution in [-0.4, -0.2) is 43.4 Å². The minimum Gasteiger partial charge on any atom is -0.495 e. The molecular formula is C20H25N3O5S. The van der Waals surface area contributed by atoms with Gasteiger partial charge in [0, 0.05) is 19.3 Å². The molecule has 1 aromatic carbocycles. The largest absolute Gasteiger partial charge is 0.495 e. The SMILES string of the molecule is COc1ccccc1NC(=O)Cn1cccc(S(=O)(=O)N2CCC(C)CC2)c1=O. The van der Waals surface area contributed by atoms with E-state index >= 15 is 0 Å². The molecule has 1 fully saturated rings. The number of amides is 1. The van der Waals surface area contributed by atoms with Crippen LogP contribution in [0, 0.1) is 5.92 Å². The minimum atomic E-state index is -3.90. The number of pyridine rings is 1. The number of ether oxygens (including phenoxy) is 1. The van der Waals surface area contributed by atoms with Crippen LogP contribution in [0.25, 0.3) is 0 Å². The Morgan fingerprint density at radius 1 is 1.17 bits per heavy atom. The van der Waals surface area contributed by atoms with Crippen LogP contribution in [0.1, 0.15) is 19.8 Å². The third-order valence-corrected chi connectivity index (χ3v) is 6.95. The molecule has 29 heavy (non-hydrogen) atoms. The number of carbonyl (C=O) groups is 1. The van der Waals surface area contributed by atoms with Crippen molar-refractivity contribution in [3.63, 3.8) is 0 Å². The van der Waals surface area contributed by atoms with E-state index in [1.807, 2.05) is 0 Å². The van der Waals surface area contributed by atoms with Crippen LogP contribution in [0.2, 0.25) is 0 Å². The number of aromatic nitrogens is 1. The third kappa shape index (κ3) is 4.68. The van der Waals surface area contributed by atoms with Crippen molar-refractivity contribution in [1.82, 2.24) is 8.87 Å². The monoisotopic (exact) mass is 419 g/mol. The highest BCUT2D eigenvalue weighted by atomic mass is 32.2. The van der Waals surface area contributed by atoms with E-state index in [0.717, 1.165) is 17.4 Å². The summed E-state index contributed by atoms with van der Waals surface area (Å²) in [5, 5.41) is 2.68. The van der Waals surface area contributed by atoms with Crippen molar-refractivity contribution in [2.45, 2.75) is 31.2 Å². The van der Waals surface area contributed by atoms with Crippen molar-refractivity contribution in [3.8, 4) is 5.75 Å². The number of hydrogen-bond donors (Lipinski definition) is 1. The predicted molar refractivity (Wildman–Crippen MR) is 109 cm³/mol. The molecule has 3 rings (SSSR count). The first kappa shape index (κ1) is 21.1. The van der Waals surface area contributed by atoms with E-state index in [4.69, 9.17) is 4.74 Å². The summed E-state index contributed by atoms with van der Waals surface area (Å²) in [6.07, 6.45) is 2.94. The number of rotatable bonds is 6. The van der Waals surface area contributed by atoms with Crippen molar-refractivity contribution < 1.29 is 17.9 Å². The first-order valence-electron chi connectivity index (χ1n) is 9.45. The summed E-state index contributed by atoms with van der Waals surface area (Å²) in [6.45, 7) is 2.56. The van der Waals surface area contributed by atoms with Gasteiger partial charge in [0.2, 0.25) is 15.9 Å². The lowest BCUT2D eigenvalue weighted by molar-refractivity contribution is -0.116. The van der Waals surface area contributed by atoms with Crippen molar-refractivity contribution >= 4 is 21.6 Å². The van der Waals surface area contributed by atoms with E-state index in [9.17, 15) is 18.0 Å². The molecule has 1 aliphatic heterocycles. The Kier molecular flexibility index (Phi) is 6.39. The van der Waals surface area contributed by atoms with Crippen LogP contribution in [0.4, 0.5) is 5.69 Å². The molecule has 1 amide bonds. The Bertz CT molecular complexity index is 1040. The molecule has 0 unspecified atom stereocenters. The van der Waals surface area contributed by atoms with Crippen LogP contribution in [0.5, 0.6) is 5.75 Å². The summed E-state index contributed by atoms with van der Waals surface area (Å²) < 4.78 is 33.5. The maximum Gasteiger partial charge on any atom is 0.271 e. The van der Waals surface area contributed by atoms with Crippen LogP contribution in [0.15, 0.2) is 52.3 Å². The molecule has 0 saturated carbocycles. The van der Waals surface area contributed by atoms with Gasteiger partial charge in [-0.2, -0.15) is 4.31 Å². The van der Waals surface area contributed by atoms with Gasteiger partial charge in [0.15, 0.2) is 0 Å². The molecule has 156 valence electrons. The average molecular weight is 420 g/mol. The fraction of sp³-hybridized carbons (Fsp3) is 0.400. The Balaban J connectivity index is 1.80. The van der Waals surface area contributed by atoms with Crippen LogP contribution < -0.4 is 15.6 Å². The Hall–Kier alpha value is -2.65. The second-order valence-corrected chi connectivity index (χ2v) is 9.05. The summed E-state index contributed by atoms with van der Waals surface area (Å²) >= 11 is 0. The Labute approximate surface area is 170 Å². The number of piperidine rings is 1. The summed E-state index contributed by atoms with van der Waals surface area (Å²) in [5.41, 5.74) is -0.236. The second kappa shape index (κ2) is 8.79. The lowest BCUT2D eigenvalue weighted by atomic mass is 10.0. The first-order valence-corrected chi connectivity index (χ1v) is 10.9. The molecule has 1 N–H and O–H groups in total. The highest BCUT2D eigenvalue weighted by Gasteiger charge is 2.30. The van der Waals surface area contributed by atoms with Gasteiger partial charge in [0.25, 0.3) is 5.56 Å². The molecule has 1 saturated heterocycles. The zero-order valence-corrected chi connectivity index (χ0v) is 17.3. The first-order chi connectivity index (χ1) is 13.8. The van der Waals surface area contributed by atoms with Crippen molar-refractivity contribution in [2.24, 2.45) is 5.92 Å². The predicted octanol–water partition coefficient (Wildman–Crippen LogP) is 1.92. The van der Waals surface area contributed by atoms with Gasteiger partial charge in [-0.3, -0.25) is 9.59 Å². The molecule has 9 heteroatoms. The number of hydrogen-bond acceptors (Lipinski definition) is 5. The van der Waals surface area contributed by atoms with Crippen LogP contribution >= 0.6 is 0 Å². The number of para-hydroxylation sites is 2. The van der Waals surface area contributed by atoms with E-state index in [1.54, 1.807) is 24.3 Å². The topological polar surface area (TPSA) is 97.7 Å². The van der Waals surface area contributed by atoms with E-state index < -0.39 is 21.5 Å². The molecule has 2 heterocycles. The molecule has 0 atom stereocenters. The lowest BCUT2D eigenvalue weighted by Gasteiger charge is -2.29. The summed E-state index contributed by atoms with van der Waals surface area (Å²) in [7, 11) is -2.40. The maximum atomic E-state index is 12.9. The molecule has 8 nitrogen and oxygen atoms in total. The van der Waals surface area contributed by atoms with Gasteiger partial charge in [-0.05, 0) is 43.0 Å². The lowest BCUT2D eigenvalue weighted by Crippen LogP contribution is -2.41. The van der Waals surface area contributed by atoms with Gasteiger partial charge in [0.05, 0.1) is 12.8 Å². The van der Waals surface area contributed by atoms with Gasteiger partial charge < -0.3 is 14.6 Å². The summed E-state index contributed by atoms with van der Waals surface area (Å²) in [6, 6.07) is 9.67. The van der Waals surface area contributed by atoms with E-state index in [-0.39, 0.29) is 11.4 Å². The standard InChI is InChI=1S/C20H25N3O5S/c1-15-9-12-23(13-10-15)29(26,27)18-8-5-11-22(20(18)25)14-19(24)21-16-6-3-4-7-17(16)28-2/h3-8,11,15H,9-10,12-14H2,1-2H3,(H,21,24). The van der Waals surface area contributed by atoms with Gasteiger partial charge in [-0.1, -0.05) is 19.1 Å². The number of methoxy groups -OCH3 is 1. The highest BCUT2D eigenvalue weighted by molar-refractivity contribution is 7.89. The fourth-order valence-electron chi connectivity index (χ4n) is 3.29. The second-order valence-electron chi connectivity index (χ2n) is 7.14. The zero-order chi connectivity index (χ0) is 21.0. The number of nitrogens with one attached hydrogen (secondary N) is 1. The number of anilines is 1. The number of benzene rings is 1. The smallest absolute Gasteiger partial charge is 0.271 e.